The molecule has 5 nitrogen and oxygen atoms in total. The topological polar surface area (TPSA) is 80.7 Å². The Hall–Kier alpha value is -1.91. The Morgan fingerprint density at radius 3 is 2.44 bits per heavy atom. The number of Topliss-reactive ketones (excluding diaryl/α,β-unsaturated/α-hetero) is 2. The van der Waals surface area contributed by atoms with Crippen molar-refractivity contribution in [2.24, 2.45) is 11.8 Å². The predicted molar refractivity (Wildman–Crippen MR) is 61.6 cm³/mol. The molecular formula is C13H14O5. The summed E-state index contributed by atoms with van der Waals surface area (Å²) < 4.78 is 5.32. The minimum Gasteiger partial charge on any atom is -0.497 e. The quantitative estimate of drug-likeness (QED) is 0.705. The van der Waals surface area contributed by atoms with Gasteiger partial charge in [-0.3, -0.25) is 14.4 Å². The van der Waals surface area contributed by atoms with E-state index in [9.17, 15) is 14.4 Å². The molecule has 3 atom stereocenters. The van der Waals surface area contributed by atoms with Gasteiger partial charge in [0.2, 0.25) is 0 Å². The van der Waals surface area contributed by atoms with Gasteiger partial charge in [-0.15, -0.1) is 0 Å². The van der Waals surface area contributed by atoms with Crippen molar-refractivity contribution in [2.75, 3.05) is 0 Å². The predicted octanol–water partition coefficient (Wildman–Crippen LogP) is 1.09. The van der Waals surface area contributed by atoms with Crippen LogP contribution >= 0.6 is 0 Å². The van der Waals surface area contributed by atoms with Crippen molar-refractivity contribution in [1.29, 1.82) is 0 Å². The fraction of sp³-hybridized carbons (Fsp3) is 0.462. The fourth-order valence-electron chi connectivity index (χ4n) is 2.42. The number of carbonyl (C=O) groups is 3. The molecule has 1 heterocycles. The maximum Gasteiger partial charge on any atom is 0.322 e. The SMILES string of the molecule is CC1=C2C(=CO[C@H](C)[C@H]2C)C(=O)[C@@H](C(=O)O)C1=O. The molecule has 1 aliphatic heterocycles. The van der Waals surface area contributed by atoms with Crippen LogP contribution in [0.4, 0.5) is 0 Å². The average molecular weight is 250 g/mol. The highest BCUT2D eigenvalue weighted by Gasteiger charge is 2.45. The van der Waals surface area contributed by atoms with Gasteiger partial charge in [-0.2, -0.15) is 0 Å². The lowest BCUT2D eigenvalue weighted by Gasteiger charge is -2.33. The fourth-order valence-corrected chi connectivity index (χ4v) is 2.42. The lowest BCUT2D eigenvalue weighted by molar-refractivity contribution is -0.149. The molecule has 0 amide bonds. The molecule has 2 aliphatic rings. The molecule has 96 valence electrons. The lowest BCUT2D eigenvalue weighted by Crippen LogP contribution is -2.41. The molecule has 1 N–H and O–H groups in total. The van der Waals surface area contributed by atoms with E-state index in [0.29, 0.717) is 11.1 Å². The summed E-state index contributed by atoms with van der Waals surface area (Å²) in [5.41, 5.74) is 1.21. The zero-order valence-corrected chi connectivity index (χ0v) is 10.4. The van der Waals surface area contributed by atoms with Crippen LogP contribution in [-0.2, 0) is 19.1 Å². The summed E-state index contributed by atoms with van der Waals surface area (Å²) in [5.74, 6) is -4.42. The summed E-state index contributed by atoms with van der Waals surface area (Å²) >= 11 is 0. The number of ketones is 2. The summed E-state index contributed by atoms with van der Waals surface area (Å²) in [6.07, 6.45) is 1.15. The third-order valence-electron chi connectivity index (χ3n) is 3.66. The molecular weight excluding hydrogens is 236 g/mol. The molecule has 0 saturated carbocycles. The number of hydrogen-bond acceptors (Lipinski definition) is 4. The monoisotopic (exact) mass is 250 g/mol. The zero-order valence-electron chi connectivity index (χ0n) is 10.4. The molecule has 0 aromatic rings. The van der Waals surface area contributed by atoms with Crippen molar-refractivity contribution in [3.05, 3.63) is 23.0 Å². The van der Waals surface area contributed by atoms with Crippen molar-refractivity contribution in [3.8, 4) is 0 Å². The molecule has 0 radical (unpaired) electrons. The van der Waals surface area contributed by atoms with Gasteiger partial charge in [0, 0.05) is 5.92 Å². The molecule has 0 aromatic carbocycles. The van der Waals surface area contributed by atoms with E-state index in [1.165, 1.54) is 6.26 Å². The zero-order chi connectivity index (χ0) is 13.6. The number of carboxylic acids is 1. The number of hydrogen-bond donors (Lipinski definition) is 1. The normalized spacial score (nSPS) is 31.7. The van der Waals surface area contributed by atoms with Crippen molar-refractivity contribution >= 4 is 17.5 Å². The first-order valence-electron chi connectivity index (χ1n) is 5.74. The molecule has 0 unspecified atom stereocenters. The van der Waals surface area contributed by atoms with Gasteiger partial charge in [0.05, 0.1) is 11.8 Å². The van der Waals surface area contributed by atoms with Crippen LogP contribution in [0.25, 0.3) is 0 Å². The number of allylic oxidation sites excluding steroid dienone is 2. The first-order valence-corrected chi connectivity index (χ1v) is 5.74. The number of carbonyl (C=O) groups excluding carboxylic acids is 2. The highest BCUT2D eigenvalue weighted by molar-refractivity contribution is 6.30. The van der Waals surface area contributed by atoms with E-state index < -0.39 is 23.5 Å². The van der Waals surface area contributed by atoms with Gasteiger partial charge in [-0.05, 0) is 25.0 Å². The van der Waals surface area contributed by atoms with Crippen LogP contribution in [0.1, 0.15) is 20.8 Å². The van der Waals surface area contributed by atoms with E-state index in [4.69, 9.17) is 9.84 Å². The van der Waals surface area contributed by atoms with E-state index in [1.54, 1.807) is 6.92 Å². The molecule has 0 fully saturated rings. The Morgan fingerprint density at radius 1 is 1.28 bits per heavy atom. The number of aliphatic carboxylic acids is 1. The molecule has 5 heteroatoms. The van der Waals surface area contributed by atoms with Gasteiger partial charge in [-0.1, -0.05) is 6.92 Å². The number of fused-ring (bicyclic) bond motifs is 1. The van der Waals surface area contributed by atoms with E-state index in [-0.39, 0.29) is 17.6 Å². The Labute approximate surface area is 104 Å². The van der Waals surface area contributed by atoms with Crippen molar-refractivity contribution in [2.45, 2.75) is 26.9 Å². The molecule has 2 rings (SSSR count). The van der Waals surface area contributed by atoms with Crippen LogP contribution in [0.15, 0.2) is 23.0 Å². The van der Waals surface area contributed by atoms with Crippen LogP contribution in [0.2, 0.25) is 0 Å². The van der Waals surface area contributed by atoms with Gasteiger partial charge in [0.15, 0.2) is 17.5 Å². The van der Waals surface area contributed by atoms with Gasteiger partial charge >= 0.3 is 5.97 Å². The minimum absolute atomic E-state index is 0.104. The Morgan fingerprint density at radius 2 is 1.89 bits per heavy atom. The van der Waals surface area contributed by atoms with Crippen LogP contribution in [0.5, 0.6) is 0 Å². The van der Waals surface area contributed by atoms with Gasteiger partial charge in [-0.25, -0.2) is 0 Å². The molecule has 0 aromatic heterocycles. The third-order valence-corrected chi connectivity index (χ3v) is 3.66. The van der Waals surface area contributed by atoms with E-state index in [0.717, 1.165) is 0 Å². The molecule has 18 heavy (non-hydrogen) atoms. The first-order chi connectivity index (χ1) is 8.36. The maximum absolute atomic E-state index is 12.0. The van der Waals surface area contributed by atoms with E-state index in [1.807, 2.05) is 13.8 Å². The summed E-state index contributed by atoms with van der Waals surface area (Å²) in [7, 11) is 0. The van der Waals surface area contributed by atoms with Gasteiger partial charge < -0.3 is 9.84 Å². The minimum atomic E-state index is -1.62. The second-order valence-corrected chi connectivity index (χ2v) is 4.70. The Bertz CT molecular complexity index is 492. The maximum atomic E-state index is 12.0. The van der Waals surface area contributed by atoms with Crippen LogP contribution in [-0.4, -0.2) is 28.7 Å². The highest BCUT2D eigenvalue weighted by atomic mass is 16.5. The summed E-state index contributed by atoms with van der Waals surface area (Å²) in [4.78, 5) is 35.0. The average Bonchev–Trinajstić information content (AvgIpc) is 2.29. The Balaban J connectivity index is 2.61. The number of ether oxygens (including phenoxy) is 1. The van der Waals surface area contributed by atoms with Gasteiger partial charge in [0.1, 0.15) is 6.10 Å². The number of rotatable bonds is 1. The van der Waals surface area contributed by atoms with Crippen LogP contribution < -0.4 is 0 Å². The second kappa shape index (κ2) is 4.08. The summed E-state index contributed by atoms with van der Waals surface area (Å²) in [5, 5.41) is 8.97. The highest BCUT2D eigenvalue weighted by Crippen LogP contribution is 2.38. The molecule has 0 spiro atoms. The van der Waals surface area contributed by atoms with Gasteiger partial charge in [0.25, 0.3) is 0 Å². The largest absolute Gasteiger partial charge is 0.497 e. The summed E-state index contributed by atoms with van der Waals surface area (Å²) in [6.45, 7) is 5.27. The second-order valence-electron chi connectivity index (χ2n) is 4.70. The van der Waals surface area contributed by atoms with Crippen molar-refractivity contribution < 1.29 is 24.2 Å². The van der Waals surface area contributed by atoms with Crippen LogP contribution in [0, 0.1) is 11.8 Å². The molecule has 0 bridgehead atoms. The Kier molecular flexibility index (Phi) is 2.84. The number of carboxylic acid groups (broad SMARTS) is 1. The van der Waals surface area contributed by atoms with Crippen molar-refractivity contribution in [1.82, 2.24) is 0 Å². The third kappa shape index (κ3) is 1.58. The van der Waals surface area contributed by atoms with E-state index in [2.05, 4.69) is 0 Å². The van der Waals surface area contributed by atoms with E-state index >= 15 is 0 Å². The smallest absolute Gasteiger partial charge is 0.322 e. The molecule has 1 aliphatic carbocycles. The molecule has 0 saturated heterocycles. The summed E-state index contributed by atoms with van der Waals surface area (Å²) in [6, 6.07) is 0. The lowest BCUT2D eigenvalue weighted by atomic mass is 9.73. The van der Waals surface area contributed by atoms with Crippen LogP contribution in [0.3, 0.4) is 0 Å². The first kappa shape index (κ1) is 12.5. The van der Waals surface area contributed by atoms with Crippen molar-refractivity contribution in [3.63, 3.8) is 0 Å². The standard InChI is InChI=1S/C13H14O5/c1-5-7(3)18-4-8-9(5)6(2)11(14)10(12(8)15)13(16)17/h4-5,7,10H,1-3H3,(H,16,17)/t5-,7-,10+/m1/s1.